The Morgan fingerprint density at radius 1 is 0.969 bits per heavy atom. The van der Waals surface area contributed by atoms with Crippen LogP contribution in [0, 0.1) is 23.9 Å². The molecule has 2 heterocycles. The molecule has 0 fully saturated rings. The van der Waals surface area contributed by atoms with E-state index in [0.717, 1.165) is 89.2 Å². The summed E-state index contributed by atoms with van der Waals surface area (Å²) in [5.41, 5.74) is 7.44. The number of ketones is 1. The first kappa shape index (κ1) is 47.3. The van der Waals surface area contributed by atoms with E-state index in [1.807, 2.05) is 48.5 Å². The van der Waals surface area contributed by atoms with E-state index in [4.69, 9.17) is 14.2 Å². The summed E-state index contributed by atoms with van der Waals surface area (Å²) in [4.78, 5) is 13.9. The quantitative estimate of drug-likeness (QED) is 0.0550. The van der Waals surface area contributed by atoms with E-state index in [9.17, 15) is 25.2 Å². The number of ether oxygens (including phenoxy) is 3. The smallest absolute Gasteiger partial charge is 0.161 e. The van der Waals surface area contributed by atoms with Crippen LogP contribution in [0.1, 0.15) is 136 Å². The first-order valence-electron chi connectivity index (χ1n) is 23.8. The summed E-state index contributed by atoms with van der Waals surface area (Å²) >= 11 is 0. The SMILES string of the molecule is CCCCC[C@H]1C#CO[C@@H](C[C@@H]2C=C(O)C=C[C@H]2CCCCc2cccc(NC[C@H](C)O)c2)CC(=O)CCc2ccc(OC)c(c2)OCc2c(CO)cc3c1c(O)cc1c3c2C=C[C@H]1C. The molecule has 4 aromatic carbocycles. The Hall–Kier alpha value is -5.69. The number of anilines is 1. The summed E-state index contributed by atoms with van der Waals surface area (Å²) in [5, 5.41) is 48.5. The molecule has 0 aromatic heterocycles. The van der Waals surface area contributed by atoms with Crippen LogP contribution in [-0.2, 0) is 35.6 Å². The Kier molecular flexibility index (Phi) is 16.3. The number of unbranched alkanes of at least 4 members (excludes halogenated alkanes) is 3. The Morgan fingerprint density at radius 3 is 2.62 bits per heavy atom. The van der Waals surface area contributed by atoms with Gasteiger partial charge in [-0.25, -0.2) is 0 Å². The number of hydrogen-bond acceptors (Lipinski definition) is 9. The van der Waals surface area contributed by atoms with Crippen LogP contribution in [0.25, 0.3) is 16.8 Å². The van der Waals surface area contributed by atoms with Gasteiger partial charge in [-0.3, -0.25) is 4.79 Å². The summed E-state index contributed by atoms with van der Waals surface area (Å²) in [6.07, 6.45) is 21.0. The van der Waals surface area contributed by atoms with Gasteiger partial charge in [0.1, 0.15) is 36.1 Å². The van der Waals surface area contributed by atoms with Crippen molar-refractivity contribution in [1.82, 2.24) is 0 Å². The number of nitrogens with one attached hydrogen (secondary N) is 1. The minimum Gasteiger partial charge on any atom is -0.508 e. The predicted molar refractivity (Wildman–Crippen MR) is 259 cm³/mol. The molecule has 0 saturated carbocycles. The van der Waals surface area contributed by atoms with Gasteiger partial charge in [-0.1, -0.05) is 81.9 Å². The number of aliphatic hydroxyl groups excluding tert-OH is 3. The number of allylic oxidation sites excluding steroid dienone is 4. The highest BCUT2D eigenvalue weighted by molar-refractivity contribution is 6.01. The molecule has 4 aliphatic rings. The molecule has 344 valence electrons. The largest absolute Gasteiger partial charge is 0.508 e. The van der Waals surface area contributed by atoms with Crippen LogP contribution >= 0.6 is 0 Å². The molecule has 6 bridgehead atoms. The fourth-order valence-electron chi connectivity index (χ4n) is 9.79. The average Bonchev–Trinajstić information content (AvgIpc) is 3.29. The van der Waals surface area contributed by atoms with Gasteiger partial charge < -0.3 is 40.0 Å². The van der Waals surface area contributed by atoms with Gasteiger partial charge in [0.15, 0.2) is 11.5 Å². The monoisotopic (exact) mass is 881 g/mol. The normalized spacial score (nSPS) is 21.0. The molecule has 0 spiro atoms. The van der Waals surface area contributed by atoms with Crippen LogP contribution in [0.2, 0.25) is 0 Å². The van der Waals surface area contributed by atoms with E-state index in [-0.39, 0.29) is 60.6 Å². The van der Waals surface area contributed by atoms with Gasteiger partial charge in [0.05, 0.1) is 25.7 Å². The number of hydrogen-bond donors (Lipinski definition) is 5. The lowest BCUT2D eigenvalue weighted by atomic mass is 9.79. The van der Waals surface area contributed by atoms with Crippen molar-refractivity contribution in [2.75, 3.05) is 19.0 Å². The molecule has 4 aromatic rings. The van der Waals surface area contributed by atoms with Crippen molar-refractivity contribution >= 4 is 28.3 Å². The second-order valence-corrected chi connectivity index (χ2v) is 18.3. The fraction of sp³-hybridized carbons (Fsp3) is 0.446. The summed E-state index contributed by atoms with van der Waals surface area (Å²) in [5.74, 6) is 4.75. The van der Waals surface area contributed by atoms with Crippen molar-refractivity contribution < 1.29 is 39.4 Å². The van der Waals surface area contributed by atoms with Crippen molar-refractivity contribution in [2.24, 2.45) is 11.8 Å². The number of phenolic OH excluding ortho intramolecular Hbond substituents is 1. The second kappa shape index (κ2) is 22.5. The highest BCUT2D eigenvalue weighted by Crippen LogP contribution is 2.46. The second-order valence-electron chi connectivity index (χ2n) is 18.3. The predicted octanol–water partition coefficient (Wildman–Crippen LogP) is 11.5. The summed E-state index contributed by atoms with van der Waals surface area (Å²) in [6.45, 7) is 6.52. The van der Waals surface area contributed by atoms with Crippen LogP contribution < -0.4 is 14.8 Å². The molecular formula is C56H67NO8. The lowest BCUT2D eigenvalue weighted by molar-refractivity contribution is -0.121. The molecule has 0 radical (unpaired) electrons. The van der Waals surface area contributed by atoms with E-state index >= 15 is 0 Å². The topological polar surface area (TPSA) is 138 Å². The maximum absolute atomic E-state index is 13.9. The van der Waals surface area contributed by atoms with Crippen molar-refractivity contribution in [3.63, 3.8) is 0 Å². The maximum Gasteiger partial charge on any atom is 0.161 e. The third-order valence-corrected chi connectivity index (χ3v) is 13.3. The van der Waals surface area contributed by atoms with Gasteiger partial charge in [-0.2, -0.15) is 0 Å². The highest BCUT2D eigenvalue weighted by atomic mass is 16.5. The summed E-state index contributed by atoms with van der Waals surface area (Å²) in [7, 11) is 1.61. The Labute approximate surface area is 385 Å². The third kappa shape index (κ3) is 12.0. The lowest BCUT2D eigenvalue weighted by Gasteiger charge is -2.28. The van der Waals surface area contributed by atoms with Gasteiger partial charge in [0.2, 0.25) is 0 Å². The van der Waals surface area contributed by atoms with E-state index in [1.165, 1.54) is 5.56 Å². The minimum atomic E-state index is -0.539. The van der Waals surface area contributed by atoms with E-state index in [1.54, 1.807) is 20.1 Å². The molecule has 0 saturated heterocycles. The highest BCUT2D eigenvalue weighted by Gasteiger charge is 2.29. The van der Waals surface area contributed by atoms with Crippen LogP contribution in [-0.4, -0.2) is 52.1 Å². The molecule has 9 heteroatoms. The van der Waals surface area contributed by atoms with E-state index in [2.05, 4.69) is 61.6 Å². The Morgan fingerprint density at radius 2 is 1.82 bits per heavy atom. The molecule has 6 atom stereocenters. The zero-order valence-electron chi connectivity index (χ0n) is 38.6. The van der Waals surface area contributed by atoms with Crippen LogP contribution in [0.3, 0.4) is 0 Å². The van der Waals surface area contributed by atoms with Gasteiger partial charge >= 0.3 is 0 Å². The summed E-state index contributed by atoms with van der Waals surface area (Å²) < 4.78 is 18.8. The van der Waals surface area contributed by atoms with Gasteiger partial charge in [-0.15, -0.1) is 0 Å². The molecule has 65 heavy (non-hydrogen) atoms. The number of aryl methyl sites for hydroxylation is 2. The lowest BCUT2D eigenvalue weighted by Crippen LogP contribution is -2.24. The average molecular weight is 882 g/mol. The van der Waals surface area contributed by atoms with Crippen LogP contribution in [0.15, 0.2) is 84.7 Å². The minimum absolute atomic E-state index is 0.0526. The number of aromatic hydroxyl groups is 1. The third-order valence-electron chi connectivity index (χ3n) is 13.3. The first-order valence-corrected chi connectivity index (χ1v) is 23.8. The number of aliphatic hydroxyl groups is 3. The number of Topliss-reactive ketones (excluding diaryl/α,β-unsaturated/α-hetero) is 1. The number of benzene rings is 4. The number of rotatable bonds is 16. The summed E-state index contributed by atoms with van der Waals surface area (Å²) in [6, 6.07) is 18.0. The van der Waals surface area contributed by atoms with Gasteiger partial charge in [0, 0.05) is 42.1 Å². The molecular weight excluding hydrogens is 815 g/mol. The molecule has 0 unspecified atom stereocenters. The van der Waals surface area contributed by atoms with Crippen molar-refractivity contribution in [2.45, 2.75) is 135 Å². The Balaban J connectivity index is 1.20. The zero-order chi connectivity index (χ0) is 45.9. The van der Waals surface area contributed by atoms with Crippen LogP contribution in [0.5, 0.6) is 17.2 Å². The number of methoxy groups -OCH3 is 1. The molecule has 2 aliphatic carbocycles. The fourth-order valence-corrected chi connectivity index (χ4v) is 9.79. The first-order chi connectivity index (χ1) is 31.5. The van der Waals surface area contributed by atoms with Crippen molar-refractivity contribution in [1.29, 1.82) is 0 Å². The maximum atomic E-state index is 13.9. The van der Waals surface area contributed by atoms with E-state index in [0.29, 0.717) is 49.3 Å². The zero-order valence-corrected chi connectivity index (χ0v) is 38.6. The number of carbonyl (C=O) groups excluding carboxylic acids is 1. The van der Waals surface area contributed by atoms with Gasteiger partial charge in [-0.05, 0) is 144 Å². The number of fused-ring (bicyclic) bond motifs is 9. The molecule has 5 N–H and O–H groups in total. The molecule has 8 rings (SSSR count). The van der Waals surface area contributed by atoms with E-state index < -0.39 is 12.2 Å². The molecule has 9 nitrogen and oxygen atoms in total. The van der Waals surface area contributed by atoms with Crippen LogP contribution in [0.4, 0.5) is 5.69 Å². The van der Waals surface area contributed by atoms with Gasteiger partial charge in [0.25, 0.3) is 0 Å². The number of carbonyl (C=O) groups is 1. The standard InChI is InChI=1S/C56H67NO8/c1-5-6-7-14-41-24-25-64-47(29-42-28-45(60)21-19-40(42)13-9-8-11-38-12-10-15-44(26-38)57-33-37(3)59)31-46(61)20-17-39-18-23-53(63-4)54(27-39)65-35-51-43(34-58)30-50-55(41)52(62)32-49-36(2)16-22-48(51)56(49)50/h10,12,15-16,18-19,21-23,26-28,30,32,36-37,40-42,47,57-60,62H,5-9,11,13-14,17,20,29,31,33-35H2,1-4H3/t36-,37+,40-,41+,42+,47+/m1/s1. The number of phenols is 1. The Bertz CT molecular complexity index is 2450. The molecule has 0 amide bonds. The van der Waals surface area contributed by atoms with Crippen molar-refractivity contribution in [3.8, 4) is 29.3 Å². The van der Waals surface area contributed by atoms with Crippen molar-refractivity contribution in [3.05, 3.63) is 124 Å². The molecule has 2 aliphatic heterocycles.